The molecule has 0 aliphatic carbocycles. The Hall–Kier alpha value is -3.31. The average molecular weight is 392 g/mol. The van der Waals surface area contributed by atoms with E-state index in [0.717, 1.165) is 37.7 Å². The molecule has 1 fully saturated rings. The molecule has 1 aliphatic heterocycles. The van der Waals surface area contributed by atoms with E-state index in [9.17, 15) is 4.79 Å². The van der Waals surface area contributed by atoms with E-state index in [1.807, 2.05) is 35.8 Å². The first-order valence-electron chi connectivity index (χ1n) is 9.66. The highest BCUT2D eigenvalue weighted by Crippen LogP contribution is 2.25. The van der Waals surface area contributed by atoms with Crippen LogP contribution in [0.4, 0.5) is 5.95 Å². The number of hydrogen-bond acceptors (Lipinski definition) is 6. The molecule has 1 aliphatic rings. The molecule has 1 saturated heterocycles. The van der Waals surface area contributed by atoms with E-state index in [2.05, 4.69) is 27.0 Å². The number of anilines is 1. The van der Waals surface area contributed by atoms with Crippen LogP contribution in [-0.2, 0) is 13.6 Å². The van der Waals surface area contributed by atoms with Crippen molar-refractivity contribution in [3.8, 4) is 23.6 Å². The Bertz CT molecular complexity index is 1160. The van der Waals surface area contributed by atoms with Crippen molar-refractivity contribution >= 4 is 17.1 Å². The smallest absolute Gasteiger partial charge is 0.306 e. The molecule has 29 heavy (non-hydrogen) atoms. The number of benzene rings is 1. The molecule has 1 aromatic carbocycles. The summed E-state index contributed by atoms with van der Waals surface area (Å²) >= 11 is 0. The lowest BCUT2D eigenvalue weighted by Gasteiger charge is -2.28. The molecule has 0 atom stereocenters. The Morgan fingerprint density at radius 3 is 2.69 bits per heavy atom. The van der Waals surface area contributed by atoms with Crippen LogP contribution >= 0.6 is 0 Å². The van der Waals surface area contributed by atoms with Gasteiger partial charge in [0.1, 0.15) is 5.75 Å². The van der Waals surface area contributed by atoms with Crippen molar-refractivity contribution in [2.75, 3.05) is 31.1 Å². The lowest BCUT2D eigenvalue weighted by molar-refractivity contribution is 0.412. The quantitative estimate of drug-likeness (QED) is 0.681. The van der Waals surface area contributed by atoms with Crippen molar-refractivity contribution in [3.05, 3.63) is 40.2 Å². The van der Waals surface area contributed by atoms with Gasteiger partial charge in [0.05, 0.1) is 6.54 Å². The van der Waals surface area contributed by atoms with Crippen molar-refractivity contribution in [1.29, 1.82) is 0 Å². The summed E-state index contributed by atoms with van der Waals surface area (Å²) in [4.78, 5) is 24.7. The fraction of sp³-hybridized carbons (Fsp3) is 0.381. The summed E-state index contributed by atoms with van der Waals surface area (Å²) in [6, 6.07) is 7.85. The van der Waals surface area contributed by atoms with Crippen LogP contribution < -0.4 is 20.5 Å². The summed E-state index contributed by atoms with van der Waals surface area (Å²) in [5, 5.41) is 3.33. The Morgan fingerprint density at radius 2 is 1.97 bits per heavy atom. The number of hydrogen-bond donors (Lipinski definition) is 1. The fourth-order valence-corrected chi connectivity index (χ4v) is 3.40. The van der Waals surface area contributed by atoms with Gasteiger partial charge in [-0.15, -0.1) is 5.92 Å². The maximum Gasteiger partial charge on any atom is 0.306 e. The second-order valence-corrected chi connectivity index (χ2v) is 6.96. The number of aromatic nitrogens is 4. The van der Waals surface area contributed by atoms with E-state index in [0.29, 0.717) is 23.5 Å². The van der Waals surface area contributed by atoms with Gasteiger partial charge in [0.25, 0.3) is 5.56 Å². The normalized spacial score (nSPS) is 14.0. The zero-order chi connectivity index (χ0) is 20.4. The largest absolute Gasteiger partial charge is 0.425 e. The van der Waals surface area contributed by atoms with E-state index in [-0.39, 0.29) is 11.6 Å². The minimum atomic E-state index is -0.203. The summed E-state index contributed by atoms with van der Waals surface area (Å²) in [6.07, 6.45) is 0. The lowest BCUT2D eigenvalue weighted by atomic mass is 10.2. The fourth-order valence-electron chi connectivity index (χ4n) is 3.40. The second-order valence-electron chi connectivity index (χ2n) is 6.96. The van der Waals surface area contributed by atoms with Gasteiger partial charge in [-0.1, -0.05) is 24.1 Å². The maximum atomic E-state index is 13.2. The summed E-state index contributed by atoms with van der Waals surface area (Å²) in [5.41, 5.74) is 1.58. The first-order valence-corrected chi connectivity index (χ1v) is 9.66. The van der Waals surface area contributed by atoms with Crippen LogP contribution in [0.25, 0.3) is 11.2 Å². The predicted octanol–water partition coefficient (Wildman–Crippen LogP) is 1.66. The third kappa shape index (κ3) is 3.57. The Balaban J connectivity index is 1.85. The van der Waals surface area contributed by atoms with Gasteiger partial charge in [0.2, 0.25) is 5.95 Å². The van der Waals surface area contributed by atoms with Gasteiger partial charge >= 0.3 is 6.01 Å². The van der Waals surface area contributed by atoms with Gasteiger partial charge in [0, 0.05) is 33.2 Å². The molecule has 2 aromatic heterocycles. The number of imidazole rings is 1. The number of ether oxygens (including phenoxy) is 1. The third-order valence-electron chi connectivity index (χ3n) is 5.03. The molecule has 3 heterocycles. The zero-order valence-electron chi connectivity index (χ0n) is 16.9. The van der Waals surface area contributed by atoms with E-state index in [4.69, 9.17) is 9.72 Å². The van der Waals surface area contributed by atoms with Crippen molar-refractivity contribution in [2.45, 2.75) is 20.4 Å². The van der Waals surface area contributed by atoms with Crippen molar-refractivity contribution in [2.24, 2.45) is 7.05 Å². The predicted molar refractivity (Wildman–Crippen MR) is 113 cm³/mol. The number of rotatable bonds is 4. The number of piperazine rings is 1. The SMILES string of the molecule is CC#CCn1c(N2CCNCC2)nc2nc(Oc3ccccc3C)n(C)c(=O)c21. The average Bonchev–Trinajstić information content (AvgIpc) is 3.11. The highest BCUT2D eigenvalue weighted by Gasteiger charge is 2.23. The third-order valence-corrected chi connectivity index (χ3v) is 5.03. The van der Waals surface area contributed by atoms with Crippen LogP contribution in [0.15, 0.2) is 29.1 Å². The minimum absolute atomic E-state index is 0.203. The lowest BCUT2D eigenvalue weighted by Crippen LogP contribution is -2.44. The molecule has 0 amide bonds. The van der Waals surface area contributed by atoms with Gasteiger partial charge in [-0.25, -0.2) is 0 Å². The van der Waals surface area contributed by atoms with E-state index in [1.165, 1.54) is 4.57 Å². The molecule has 0 bridgehead atoms. The molecule has 0 spiro atoms. The van der Waals surface area contributed by atoms with E-state index >= 15 is 0 Å². The number of nitrogens with one attached hydrogen (secondary N) is 1. The molecular weight excluding hydrogens is 368 g/mol. The molecule has 0 unspecified atom stereocenters. The van der Waals surface area contributed by atoms with Crippen molar-refractivity contribution in [3.63, 3.8) is 0 Å². The minimum Gasteiger partial charge on any atom is -0.425 e. The molecule has 1 N–H and O–H groups in total. The van der Waals surface area contributed by atoms with Gasteiger partial charge in [-0.2, -0.15) is 9.97 Å². The number of nitrogens with zero attached hydrogens (tertiary/aromatic N) is 5. The van der Waals surface area contributed by atoms with Gasteiger partial charge in [0.15, 0.2) is 11.2 Å². The molecule has 0 radical (unpaired) electrons. The molecule has 8 heteroatoms. The van der Waals surface area contributed by atoms with Crippen LogP contribution in [-0.4, -0.2) is 45.3 Å². The molecule has 3 aromatic rings. The molecule has 150 valence electrons. The molecular formula is C21H24N6O2. The topological polar surface area (TPSA) is 77.2 Å². The highest BCUT2D eigenvalue weighted by molar-refractivity contribution is 5.75. The summed E-state index contributed by atoms with van der Waals surface area (Å²) < 4.78 is 9.25. The van der Waals surface area contributed by atoms with Gasteiger partial charge < -0.3 is 15.0 Å². The van der Waals surface area contributed by atoms with Crippen LogP contribution in [0, 0.1) is 18.8 Å². The highest BCUT2D eigenvalue weighted by atomic mass is 16.5. The summed E-state index contributed by atoms with van der Waals surface area (Å²) in [6.45, 7) is 7.50. The van der Waals surface area contributed by atoms with Crippen LogP contribution in [0.3, 0.4) is 0 Å². The number of aryl methyl sites for hydroxylation is 1. The number of para-hydroxylation sites is 1. The maximum absolute atomic E-state index is 13.2. The molecule has 0 saturated carbocycles. The molecule has 8 nitrogen and oxygen atoms in total. The summed E-state index contributed by atoms with van der Waals surface area (Å²) in [5.74, 6) is 7.34. The Morgan fingerprint density at radius 1 is 1.21 bits per heavy atom. The monoisotopic (exact) mass is 392 g/mol. The van der Waals surface area contributed by atoms with Gasteiger partial charge in [-0.05, 0) is 25.5 Å². The van der Waals surface area contributed by atoms with E-state index < -0.39 is 0 Å². The second kappa shape index (κ2) is 7.97. The number of fused-ring (bicyclic) bond motifs is 1. The zero-order valence-corrected chi connectivity index (χ0v) is 16.9. The van der Waals surface area contributed by atoms with Crippen LogP contribution in [0.2, 0.25) is 0 Å². The van der Waals surface area contributed by atoms with Crippen LogP contribution in [0.1, 0.15) is 12.5 Å². The van der Waals surface area contributed by atoms with E-state index in [1.54, 1.807) is 14.0 Å². The first kappa shape index (κ1) is 19.0. The first-order chi connectivity index (χ1) is 14.1. The van der Waals surface area contributed by atoms with Crippen molar-refractivity contribution in [1.82, 2.24) is 24.4 Å². The van der Waals surface area contributed by atoms with Crippen molar-refractivity contribution < 1.29 is 4.74 Å². The van der Waals surface area contributed by atoms with Gasteiger partial charge in [-0.3, -0.25) is 13.9 Å². The Labute approximate surface area is 169 Å². The van der Waals surface area contributed by atoms with Crippen LogP contribution in [0.5, 0.6) is 11.8 Å². The molecule has 4 rings (SSSR count). The Kier molecular flexibility index (Phi) is 5.23. The standard InChI is InChI=1S/C21H24N6O2/c1-4-5-12-27-17-18(23-20(27)26-13-10-22-11-14-26)24-21(25(3)19(17)28)29-16-9-7-6-8-15(16)2/h6-9,22H,10-14H2,1-3H3. The summed E-state index contributed by atoms with van der Waals surface area (Å²) in [7, 11) is 1.66.